The molecular formula is C14H17N5O3Y. The van der Waals surface area contributed by atoms with E-state index in [4.69, 9.17) is 15.2 Å². The molecule has 3 atom stereocenters. The third kappa shape index (κ3) is 2.62. The summed E-state index contributed by atoms with van der Waals surface area (Å²) in [6.45, 7) is 3.66. The van der Waals surface area contributed by atoms with Gasteiger partial charge in [0.1, 0.15) is 24.1 Å². The van der Waals surface area contributed by atoms with Crippen LogP contribution in [0.2, 0.25) is 0 Å². The first-order chi connectivity index (χ1) is 10.5. The molecule has 3 heterocycles. The number of fused-ring (bicyclic) bond motifs is 2. The average Bonchev–Trinajstić information content (AvgIpc) is 3.10. The second kappa shape index (κ2) is 5.86. The predicted molar refractivity (Wildman–Crippen MR) is 77.8 cm³/mol. The number of hydrogen-bond donors (Lipinski definition) is 2. The summed E-state index contributed by atoms with van der Waals surface area (Å²) in [5.41, 5.74) is 7.84. The Hall–Kier alpha value is -0.926. The fourth-order valence-corrected chi connectivity index (χ4v) is 3.20. The molecule has 9 heteroatoms. The van der Waals surface area contributed by atoms with Crippen LogP contribution in [0.5, 0.6) is 0 Å². The van der Waals surface area contributed by atoms with Gasteiger partial charge in [-0.25, -0.2) is 15.0 Å². The van der Waals surface area contributed by atoms with Crippen molar-refractivity contribution >= 4 is 17.0 Å². The Labute approximate surface area is 158 Å². The number of anilines is 1. The number of rotatable bonds is 2. The first-order valence-electron chi connectivity index (χ1n) is 7.10. The molecular weight excluding hydrogens is 375 g/mol. The summed E-state index contributed by atoms with van der Waals surface area (Å²) in [4.78, 5) is 12.5. The number of aromatic nitrogens is 4. The van der Waals surface area contributed by atoms with Crippen molar-refractivity contribution in [2.75, 3.05) is 12.3 Å². The van der Waals surface area contributed by atoms with E-state index >= 15 is 0 Å². The molecule has 1 aliphatic carbocycles. The van der Waals surface area contributed by atoms with Crippen LogP contribution in [0.3, 0.4) is 0 Å². The van der Waals surface area contributed by atoms with Crippen molar-refractivity contribution < 1.29 is 47.3 Å². The van der Waals surface area contributed by atoms with E-state index in [2.05, 4.69) is 15.0 Å². The maximum Gasteiger partial charge on any atom is 0.166 e. The smallest absolute Gasteiger partial charge is 0.166 e. The van der Waals surface area contributed by atoms with Gasteiger partial charge >= 0.3 is 0 Å². The molecule has 1 aliphatic heterocycles. The van der Waals surface area contributed by atoms with Crippen molar-refractivity contribution in [1.29, 1.82) is 0 Å². The summed E-state index contributed by atoms with van der Waals surface area (Å²) in [6, 6.07) is -0.159. The molecule has 1 unspecified atom stereocenters. The van der Waals surface area contributed by atoms with Gasteiger partial charge in [-0.2, -0.15) is 0 Å². The van der Waals surface area contributed by atoms with Crippen molar-refractivity contribution in [3.63, 3.8) is 0 Å². The molecule has 3 N–H and O–H groups in total. The third-order valence-corrected chi connectivity index (χ3v) is 4.11. The largest absolute Gasteiger partial charge is 0.392 e. The molecule has 2 aromatic rings. The van der Waals surface area contributed by atoms with E-state index in [-0.39, 0.29) is 57.6 Å². The summed E-state index contributed by atoms with van der Waals surface area (Å²) < 4.78 is 13.8. The fourth-order valence-electron chi connectivity index (χ4n) is 3.20. The predicted octanol–water partition coefficient (Wildman–Crippen LogP) is 0.399. The van der Waals surface area contributed by atoms with Gasteiger partial charge in [-0.05, 0) is 19.4 Å². The van der Waals surface area contributed by atoms with E-state index in [0.717, 1.165) is 5.57 Å². The first kappa shape index (κ1) is 16.9. The number of imidazole rings is 1. The Bertz CT molecular complexity index is 775. The second-order valence-corrected chi connectivity index (χ2v) is 5.99. The zero-order valence-electron chi connectivity index (χ0n) is 12.9. The molecule has 0 spiro atoms. The van der Waals surface area contributed by atoms with E-state index in [1.54, 1.807) is 6.33 Å². The van der Waals surface area contributed by atoms with E-state index in [1.807, 2.05) is 24.5 Å². The van der Waals surface area contributed by atoms with Gasteiger partial charge in [0.05, 0.1) is 19.0 Å². The average molecular weight is 392 g/mol. The molecule has 1 saturated heterocycles. The second-order valence-electron chi connectivity index (χ2n) is 5.99. The Morgan fingerprint density at radius 3 is 2.83 bits per heavy atom. The molecule has 4 rings (SSSR count). The molecule has 119 valence electrons. The maximum atomic E-state index is 9.58. The summed E-state index contributed by atoms with van der Waals surface area (Å²) in [5.74, 6) is -0.347. The van der Waals surface area contributed by atoms with E-state index in [0.29, 0.717) is 17.0 Å². The number of aliphatic hydroxyl groups is 1. The Balaban J connectivity index is 0.00000156. The third-order valence-electron chi connectivity index (χ3n) is 4.11. The van der Waals surface area contributed by atoms with Gasteiger partial charge in [0.2, 0.25) is 0 Å². The van der Waals surface area contributed by atoms with Crippen LogP contribution in [0, 0.1) is 0 Å². The standard InChI is InChI=1S/C14H17N5O3.Y/c1-14(2)21-10-7(4-20)3-8(11(10)22-14)19-6-18-9-12(15)16-5-17-13(9)19;/h3,5-6,8,10-11,20H,4H2,1-2H3,(H2,15,16,17);/t8-,10-,11?;/m0./s1. The van der Waals surface area contributed by atoms with Crippen molar-refractivity contribution in [3.8, 4) is 0 Å². The van der Waals surface area contributed by atoms with Crippen LogP contribution >= 0.6 is 0 Å². The minimum Gasteiger partial charge on any atom is -0.392 e. The molecule has 2 aromatic heterocycles. The van der Waals surface area contributed by atoms with Crippen LogP contribution < -0.4 is 5.73 Å². The van der Waals surface area contributed by atoms with Crippen molar-refractivity contribution in [1.82, 2.24) is 19.5 Å². The zero-order valence-corrected chi connectivity index (χ0v) is 15.7. The summed E-state index contributed by atoms with van der Waals surface area (Å²) in [5, 5.41) is 9.58. The molecule has 0 bridgehead atoms. The summed E-state index contributed by atoms with van der Waals surface area (Å²) in [6.07, 6.45) is 4.54. The van der Waals surface area contributed by atoms with Crippen LogP contribution in [0.1, 0.15) is 19.9 Å². The van der Waals surface area contributed by atoms with Gasteiger partial charge in [0.15, 0.2) is 17.3 Å². The van der Waals surface area contributed by atoms with Crippen LogP contribution in [0.15, 0.2) is 24.3 Å². The molecule has 1 fully saturated rings. The monoisotopic (exact) mass is 392 g/mol. The van der Waals surface area contributed by atoms with Gasteiger partial charge in [-0.1, -0.05) is 6.08 Å². The SMILES string of the molecule is CC1(C)OC2[C@@H](O1)C(CO)=C[C@@H]2n1cnc2c(N)ncnc21.[Y]. The molecule has 2 aliphatic rings. The molecule has 23 heavy (non-hydrogen) atoms. The Kier molecular flexibility index (Phi) is 4.31. The minimum absolute atomic E-state index is 0. The molecule has 0 aromatic carbocycles. The van der Waals surface area contributed by atoms with Crippen LogP contribution in [-0.2, 0) is 42.2 Å². The van der Waals surface area contributed by atoms with Gasteiger partial charge < -0.3 is 24.9 Å². The maximum absolute atomic E-state index is 9.58. The van der Waals surface area contributed by atoms with E-state index in [9.17, 15) is 5.11 Å². The minimum atomic E-state index is -0.688. The van der Waals surface area contributed by atoms with Crippen molar-refractivity contribution in [2.45, 2.75) is 37.9 Å². The molecule has 8 nitrogen and oxygen atoms in total. The normalized spacial score (nSPS) is 28.5. The number of ether oxygens (including phenoxy) is 2. The van der Waals surface area contributed by atoms with Crippen molar-refractivity contribution in [3.05, 3.63) is 24.3 Å². The number of hydrogen-bond acceptors (Lipinski definition) is 7. The van der Waals surface area contributed by atoms with Gasteiger partial charge in [0.25, 0.3) is 0 Å². The first-order valence-corrected chi connectivity index (χ1v) is 7.10. The van der Waals surface area contributed by atoms with Gasteiger partial charge in [0, 0.05) is 32.7 Å². The quantitative estimate of drug-likeness (QED) is 0.713. The Morgan fingerprint density at radius 1 is 1.30 bits per heavy atom. The van der Waals surface area contributed by atoms with E-state index < -0.39 is 5.79 Å². The van der Waals surface area contributed by atoms with Gasteiger partial charge in [-0.3, -0.25) is 0 Å². The summed E-state index contributed by atoms with van der Waals surface area (Å²) in [7, 11) is 0. The number of nitrogens with zero attached hydrogens (tertiary/aromatic N) is 4. The van der Waals surface area contributed by atoms with Crippen molar-refractivity contribution in [2.24, 2.45) is 0 Å². The number of nitrogen functional groups attached to an aromatic ring is 1. The molecule has 0 amide bonds. The number of aliphatic hydroxyl groups excluding tert-OH is 1. The Morgan fingerprint density at radius 2 is 2.09 bits per heavy atom. The molecule has 0 saturated carbocycles. The van der Waals surface area contributed by atoms with E-state index in [1.165, 1.54) is 6.33 Å². The van der Waals surface area contributed by atoms with Crippen LogP contribution in [-0.4, -0.2) is 49.2 Å². The fraction of sp³-hybridized carbons (Fsp3) is 0.500. The topological polar surface area (TPSA) is 108 Å². The molecule has 1 radical (unpaired) electrons. The number of nitrogens with two attached hydrogens (primary N) is 1. The summed E-state index contributed by atoms with van der Waals surface area (Å²) >= 11 is 0. The van der Waals surface area contributed by atoms with Gasteiger partial charge in [-0.15, -0.1) is 0 Å². The van der Waals surface area contributed by atoms with Crippen LogP contribution in [0.4, 0.5) is 5.82 Å². The van der Waals surface area contributed by atoms with Crippen LogP contribution in [0.25, 0.3) is 11.2 Å². The zero-order chi connectivity index (χ0) is 15.5.